The molecule has 19 heavy (non-hydrogen) atoms. The lowest BCUT2D eigenvalue weighted by molar-refractivity contribution is 0.240. The number of ether oxygens (including phenoxy) is 2. The Morgan fingerprint density at radius 1 is 1.21 bits per heavy atom. The molecule has 0 bridgehead atoms. The van der Waals surface area contributed by atoms with E-state index in [1.54, 1.807) is 7.11 Å². The highest BCUT2D eigenvalue weighted by Crippen LogP contribution is 2.29. The Labute approximate surface area is 117 Å². The first-order valence-corrected chi connectivity index (χ1v) is 7.12. The molecule has 3 nitrogen and oxygen atoms in total. The second-order valence-electron chi connectivity index (χ2n) is 5.37. The van der Waals surface area contributed by atoms with Gasteiger partial charge in [-0.05, 0) is 43.4 Å². The minimum absolute atomic E-state index is 0.153. The van der Waals surface area contributed by atoms with Crippen molar-refractivity contribution in [3.63, 3.8) is 0 Å². The van der Waals surface area contributed by atoms with Gasteiger partial charge in [-0.1, -0.05) is 26.3 Å². The summed E-state index contributed by atoms with van der Waals surface area (Å²) in [5, 5.41) is 0. The fourth-order valence-electron chi connectivity index (χ4n) is 2.14. The predicted octanol–water partition coefficient (Wildman–Crippen LogP) is 3.40. The van der Waals surface area contributed by atoms with Gasteiger partial charge in [-0.2, -0.15) is 0 Å². The Hall–Kier alpha value is -1.22. The molecular formula is C16H27NO2. The summed E-state index contributed by atoms with van der Waals surface area (Å²) in [5.41, 5.74) is 7.02. The average molecular weight is 265 g/mol. The molecule has 0 aliphatic heterocycles. The molecule has 0 aliphatic carbocycles. The van der Waals surface area contributed by atoms with Crippen LogP contribution in [0.5, 0.6) is 11.5 Å². The van der Waals surface area contributed by atoms with E-state index in [1.165, 1.54) is 18.4 Å². The topological polar surface area (TPSA) is 44.5 Å². The Kier molecular flexibility index (Phi) is 6.71. The number of hydrogen-bond donors (Lipinski definition) is 1. The van der Waals surface area contributed by atoms with Gasteiger partial charge < -0.3 is 15.2 Å². The van der Waals surface area contributed by atoms with Crippen molar-refractivity contribution < 1.29 is 9.47 Å². The van der Waals surface area contributed by atoms with Gasteiger partial charge in [-0.3, -0.25) is 0 Å². The molecule has 3 heteroatoms. The first kappa shape index (κ1) is 15.8. The maximum Gasteiger partial charge on any atom is 0.161 e. The lowest BCUT2D eigenvalue weighted by atomic mass is 10.1. The maximum atomic E-state index is 5.90. The molecule has 2 N–H and O–H groups in total. The van der Waals surface area contributed by atoms with Crippen LogP contribution in [-0.4, -0.2) is 19.8 Å². The highest BCUT2D eigenvalue weighted by atomic mass is 16.5. The van der Waals surface area contributed by atoms with Crippen LogP contribution in [0.2, 0.25) is 0 Å². The molecule has 0 aromatic heterocycles. The van der Waals surface area contributed by atoms with Crippen LogP contribution in [-0.2, 0) is 6.42 Å². The minimum atomic E-state index is 0.153. The normalized spacial score (nSPS) is 13.9. The fraction of sp³-hybridized carbons (Fsp3) is 0.625. The van der Waals surface area contributed by atoms with Crippen LogP contribution < -0.4 is 15.2 Å². The van der Waals surface area contributed by atoms with Crippen molar-refractivity contribution >= 4 is 0 Å². The van der Waals surface area contributed by atoms with Crippen molar-refractivity contribution in [3.05, 3.63) is 23.8 Å². The van der Waals surface area contributed by atoms with Crippen molar-refractivity contribution in [2.24, 2.45) is 11.7 Å². The number of rotatable bonds is 8. The number of nitrogens with two attached hydrogens (primary N) is 1. The van der Waals surface area contributed by atoms with E-state index < -0.39 is 0 Å². The van der Waals surface area contributed by atoms with Crippen LogP contribution in [0.4, 0.5) is 0 Å². The molecule has 0 amide bonds. The molecule has 2 atom stereocenters. The third kappa shape index (κ3) is 5.52. The van der Waals surface area contributed by atoms with E-state index in [2.05, 4.69) is 13.8 Å². The molecule has 108 valence electrons. The van der Waals surface area contributed by atoms with Crippen molar-refractivity contribution in [3.8, 4) is 11.5 Å². The first-order valence-electron chi connectivity index (χ1n) is 7.12. The third-order valence-electron chi connectivity index (χ3n) is 3.09. The largest absolute Gasteiger partial charge is 0.493 e. The zero-order valence-electron chi connectivity index (χ0n) is 12.6. The molecule has 0 fully saturated rings. The van der Waals surface area contributed by atoms with Gasteiger partial charge in [0.2, 0.25) is 0 Å². The summed E-state index contributed by atoms with van der Waals surface area (Å²) in [6.07, 6.45) is 3.22. The molecule has 0 aliphatic rings. The van der Waals surface area contributed by atoms with E-state index in [4.69, 9.17) is 15.2 Å². The van der Waals surface area contributed by atoms with Gasteiger partial charge in [0, 0.05) is 6.04 Å². The number of methoxy groups -OCH3 is 1. The summed E-state index contributed by atoms with van der Waals surface area (Å²) in [7, 11) is 1.67. The fourth-order valence-corrected chi connectivity index (χ4v) is 2.14. The van der Waals surface area contributed by atoms with Gasteiger partial charge in [0.25, 0.3) is 0 Å². The van der Waals surface area contributed by atoms with Crippen LogP contribution in [0, 0.1) is 5.92 Å². The summed E-state index contributed by atoms with van der Waals surface area (Å²) >= 11 is 0. The lowest BCUT2D eigenvalue weighted by Gasteiger charge is -2.16. The quantitative estimate of drug-likeness (QED) is 0.783. The summed E-state index contributed by atoms with van der Waals surface area (Å²) in [5.74, 6) is 2.17. The number of benzene rings is 1. The summed E-state index contributed by atoms with van der Waals surface area (Å²) in [6, 6.07) is 6.20. The standard InChI is InChI=1S/C16H27NO2/c1-5-6-12(2)11-19-16-10-14(9-13(3)17)7-8-15(16)18-4/h7-8,10,12-13H,5-6,9,11,17H2,1-4H3. The molecule has 0 saturated heterocycles. The zero-order chi connectivity index (χ0) is 14.3. The summed E-state index contributed by atoms with van der Waals surface area (Å²) in [4.78, 5) is 0. The first-order chi connectivity index (χ1) is 9.06. The van der Waals surface area contributed by atoms with Crippen LogP contribution in [0.25, 0.3) is 0 Å². The monoisotopic (exact) mass is 265 g/mol. The Morgan fingerprint density at radius 2 is 1.95 bits per heavy atom. The second-order valence-corrected chi connectivity index (χ2v) is 5.37. The van der Waals surface area contributed by atoms with Crippen molar-refractivity contribution in [1.29, 1.82) is 0 Å². The zero-order valence-corrected chi connectivity index (χ0v) is 12.6. The highest BCUT2D eigenvalue weighted by Gasteiger charge is 2.09. The molecule has 0 saturated carbocycles. The average Bonchev–Trinajstić information content (AvgIpc) is 2.36. The number of hydrogen-bond acceptors (Lipinski definition) is 3. The molecule has 1 aromatic carbocycles. The Balaban J connectivity index is 2.72. The Morgan fingerprint density at radius 3 is 2.53 bits per heavy atom. The SMILES string of the molecule is CCCC(C)COc1cc(CC(C)N)ccc1OC. The van der Waals surface area contributed by atoms with Crippen molar-refractivity contribution in [2.45, 2.75) is 46.1 Å². The van der Waals surface area contributed by atoms with Crippen LogP contribution in [0.3, 0.4) is 0 Å². The smallest absolute Gasteiger partial charge is 0.161 e. The van der Waals surface area contributed by atoms with E-state index >= 15 is 0 Å². The van der Waals surface area contributed by atoms with Gasteiger partial charge >= 0.3 is 0 Å². The Bertz CT molecular complexity index is 377. The predicted molar refractivity (Wildman–Crippen MR) is 79.9 cm³/mol. The van der Waals surface area contributed by atoms with Crippen LogP contribution >= 0.6 is 0 Å². The van der Waals surface area contributed by atoms with Crippen LogP contribution in [0.15, 0.2) is 18.2 Å². The van der Waals surface area contributed by atoms with Crippen molar-refractivity contribution in [2.75, 3.05) is 13.7 Å². The molecule has 2 unspecified atom stereocenters. The van der Waals surface area contributed by atoms with Gasteiger partial charge in [-0.15, -0.1) is 0 Å². The molecule has 1 rings (SSSR count). The molecule has 0 heterocycles. The lowest BCUT2D eigenvalue weighted by Crippen LogP contribution is -2.17. The highest BCUT2D eigenvalue weighted by molar-refractivity contribution is 5.43. The molecule has 0 radical (unpaired) electrons. The molecule has 0 spiro atoms. The minimum Gasteiger partial charge on any atom is -0.493 e. The van der Waals surface area contributed by atoms with E-state index in [0.717, 1.165) is 24.5 Å². The van der Waals surface area contributed by atoms with Gasteiger partial charge in [0.15, 0.2) is 11.5 Å². The molecular weight excluding hydrogens is 238 g/mol. The summed E-state index contributed by atoms with van der Waals surface area (Å²) in [6.45, 7) is 7.14. The van der Waals surface area contributed by atoms with Crippen molar-refractivity contribution in [1.82, 2.24) is 0 Å². The van der Waals surface area contributed by atoms with Gasteiger partial charge in [0.1, 0.15) is 0 Å². The third-order valence-corrected chi connectivity index (χ3v) is 3.09. The van der Waals surface area contributed by atoms with Gasteiger partial charge in [-0.25, -0.2) is 0 Å². The van der Waals surface area contributed by atoms with Crippen LogP contribution in [0.1, 0.15) is 39.2 Å². The van der Waals surface area contributed by atoms with E-state index in [9.17, 15) is 0 Å². The van der Waals surface area contributed by atoms with E-state index in [1.807, 2.05) is 25.1 Å². The van der Waals surface area contributed by atoms with E-state index in [0.29, 0.717) is 5.92 Å². The second kappa shape index (κ2) is 8.05. The maximum absolute atomic E-state index is 5.90. The van der Waals surface area contributed by atoms with Gasteiger partial charge in [0.05, 0.1) is 13.7 Å². The molecule has 1 aromatic rings. The van der Waals surface area contributed by atoms with E-state index in [-0.39, 0.29) is 6.04 Å². The summed E-state index contributed by atoms with van der Waals surface area (Å²) < 4.78 is 11.2.